The van der Waals surface area contributed by atoms with E-state index in [4.69, 9.17) is 0 Å². The number of ether oxygens (including phenoxy) is 1. The van der Waals surface area contributed by atoms with Crippen LogP contribution in [0.4, 0.5) is 5.69 Å². The van der Waals surface area contributed by atoms with Crippen LogP contribution < -0.4 is 10.9 Å². The lowest BCUT2D eigenvalue weighted by Gasteiger charge is -2.03. The molecule has 2 aromatic rings. The summed E-state index contributed by atoms with van der Waals surface area (Å²) in [5.74, 6) is -0.932. The standard InChI is InChI=1S/C12H13N5O4/c1-16-10(18)4-3-9(15-16)12(20)14-8-5-13-17(6-8)7-11(19)21-2/h3-6H,7H2,1-2H3,(H,14,20). The molecule has 0 saturated carbocycles. The summed E-state index contributed by atoms with van der Waals surface area (Å²) in [5, 5.41) is 10.3. The van der Waals surface area contributed by atoms with E-state index in [0.717, 1.165) is 4.68 Å². The van der Waals surface area contributed by atoms with Crippen molar-refractivity contribution >= 4 is 17.6 Å². The van der Waals surface area contributed by atoms with Crippen molar-refractivity contribution in [2.75, 3.05) is 12.4 Å². The molecular weight excluding hydrogens is 278 g/mol. The van der Waals surface area contributed by atoms with Gasteiger partial charge in [-0.1, -0.05) is 0 Å². The first kappa shape index (κ1) is 14.4. The summed E-state index contributed by atoms with van der Waals surface area (Å²) in [6.07, 6.45) is 2.87. The van der Waals surface area contributed by atoms with Gasteiger partial charge in [0.1, 0.15) is 12.2 Å². The number of anilines is 1. The number of hydrogen-bond donors (Lipinski definition) is 1. The summed E-state index contributed by atoms with van der Waals surface area (Å²) in [6.45, 7) is -0.0511. The van der Waals surface area contributed by atoms with Crippen LogP contribution in [0.5, 0.6) is 0 Å². The summed E-state index contributed by atoms with van der Waals surface area (Å²) in [6, 6.07) is 2.58. The third-order valence-electron chi connectivity index (χ3n) is 2.60. The van der Waals surface area contributed by atoms with Gasteiger partial charge in [-0.05, 0) is 6.07 Å². The summed E-state index contributed by atoms with van der Waals surface area (Å²) in [5.41, 5.74) is 0.190. The molecule has 0 spiro atoms. The number of rotatable bonds is 4. The Hall–Kier alpha value is -2.97. The number of esters is 1. The maximum absolute atomic E-state index is 11.9. The van der Waals surface area contributed by atoms with Gasteiger partial charge in [-0.3, -0.25) is 19.1 Å². The fraction of sp³-hybridized carbons (Fsp3) is 0.250. The van der Waals surface area contributed by atoms with E-state index in [9.17, 15) is 14.4 Å². The highest BCUT2D eigenvalue weighted by Crippen LogP contribution is 2.06. The van der Waals surface area contributed by atoms with Crippen molar-refractivity contribution in [1.29, 1.82) is 0 Å². The zero-order valence-corrected chi connectivity index (χ0v) is 11.4. The van der Waals surface area contributed by atoms with Gasteiger partial charge in [-0.15, -0.1) is 0 Å². The molecule has 9 heteroatoms. The van der Waals surface area contributed by atoms with Gasteiger partial charge in [-0.25, -0.2) is 4.68 Å². The lowest BCUT2D eigenvalue weighted by molar-refractivity contribution is -0.141. The first-order valence-electron chi connectivity index (χ1n) is 5.94. The molecule has 0 unspecified atom stereocenters. The molecule has 1 N–H and O–H groups in total. The molecule has 0 atom stereocenters. The number of hydrogen-bond acceptors (Lipinski definition) is 6. The van der Waals surface area contributed by atoms with E-state index in [2.05, 4.69) is 20.3 Å². The molecule has 0 aliphatic carbocycles. The summed E-state index contributed by atoms with van der Waals surface area (Å²) in [4.78, 5) is 34.2. The predicted molar refractivity (Wildman–Crippen MR) is 71.7 cm³/mol. The fourth-order valence-corrected chi connectivity index (χ4v) is 1.53. The molecule has 0 radical (unpaired) electrons. The van der Waals surface area contributed by atoms with E-state index in [0.29, 0.717) is 5.69 Å². The van der Waals surface area contributed by atoms with Gasteiger partial charge in [0.15, 0.2) is 0 Å². The minimum atomic E-state index is -0.483. The highest BCUT2D eigenvalue weighted by Gasteiger charge is 2.11. The van der Waals surface area contributed by atoms with E-state index in [1.165, 1.54) is 43.4 Å². The highest BCUT2D eigenvalue weighted by atomic mass is 16.5. The van der Waals surface area contributed by atoms with Crippen molar-refractivity contribution in [1.82, 2.24) is 19.6 Å². The molecule has 2 aromatic heterocycles. The second-order valence-electron chi connectivity index (χ2n) is 4.14. The fourth-order valence-electron chi connectivity index (χ4n) is 1.53. The zero-order chi connectivity index (χ0) is 15.4. The maximum Gasteiger partial charge on any atom is 0.327 e. The predicted octanol–water partition coefficient (Wildman–Crippen LogP) is -0.598. The average molecular weight is 291 g/mol. The average Bonchev–Trinajstić information content (AvgIpc) is 2.88. The van der Waals surface area contributed by atoms with Crippen LogP contribution in [-0.2, 0) is 23.1 Å². The zero-order valence-electron chi connectivity index (χ0n) is 11.4. The van der Waals surface area contributed by atoms with E-state index in [-0.39, 0.29) is 17.8 Å². The Morgan fingerprint density at radius 2 is 2.14 bits per heavy atom. The summed E-state index contributed by atoms with van der Waals surface area (Å²) in [7, 11) is 2.73. The van der Waals surface area contributed by atoms with Crippen LogP contribution in [0.1, 0.15) is 10.5 Å². The van der Waals surface area contributed by atoms with Crippen molar-refractivity contribution in [3.63, 3.8) is 0 Å². The highest BCUT2D eigenvalue weighted by molar-refractivity contribution is 6.02. The largest absolute Gasteiger partial charge is 0.468 e. The minimum absolute atomic E-state index is 0.0511. The van der Waals surface area contributed by atoms with Crippen molar-refractivity contribution in [3.8, 4) is 0 Å². The van der Waals surface area contributed by atoms with E-state index >= 15 is 0 Å². The smallest absolute Gasteiger partial charge is 0.327 e. The topological polar surface area (TPSA) is 108 Å². The Morgan fingerprint density at radius 1 is 1.38 bits per heavy atom. The minimum Gasteiger partial charge on any atom is -0.468 e. The lowest BCUT2D eigenvalue weighted by atomic mass is 10.3. The molecule has 0 aliphatic heterocycles. The van der Waals surface area contributed by atoms with E-state index in [1.54, 1.807) is 0 Å². The van der Waals surface area contributed by atoms with Crippen LogP contribution >= 0.6 is 0 Å². The Kier molecular flexibility index (Phi) is 4.12. The van der Waals surface area contributed by atoms with Gasteiger partial charge in [0.05, 0.1) is 19.0 Å². The van der Waals surface area contributed by atoms with Crippen LogP contribution in [0, 0.1) is 0 Å². The monoisotopic (exact) mass is 291 g/mol. The molecule has 0 bridgehead atoms. The van der Waals surface area contributed by atoms with Crippen molar-refractivity contribution in [2.45, 2.75) is 6.54 Å². The van der Waals surface area contributed by atoms with Crippen LogP contribution in [0.25, 0.3) is 0 Å². The Labute approximate surface area is 119 Å². The second kappa shape index (κ2) is 5.99. The summed E-state index contributed by atoms with van der Waals surface area (Å²) < 4.78 is 6.90. The van der Waals surface area contributed by atoms with Crippen molar-refractivity contribution in [3.05, 3.63) is 40.6 Å². The number of nitrogens with zero attached hydrogens (tertiary/aromatic N) is 4. The van der Waals surface area contributed by atoms with Crippen molar-refractivity contribution in [2.24, 2.45) is 7.05 Å². The van der Waals surface area contributed by atoms with Gasteiger partial charge < -0.3 is 10.1 Å². The number of methoxy groups -OCH3 is 1. The SMILES string of the molecule is COC(=O)Cn1cc(NC(=O)c2ccc(=O)n(C)n2)cn1. The number of carbonyl (C=O) groups excluding carboxylic acids is 2. The molecule has 0 aliphatic rings. The normalized spacial score (nSPS) is 10.2. The van der Waals surface area contributed by atoms with Gasteiger partial charge in [0, 0.05) is 19.3 Å². The van der Waals surface area contributed by atoms with Crippen LogP contribution in [0.15, 0.2) is 29.3 Å². The molecule has 2 heterocycles. The Morgan fingerprint density at radius 3 is 2.81 bits per heavy atom. The number of aryl methyl sites for hydroxylation is 1. The number of amides is 1. The van der Waals surface area contributed by atoms with E-state index in [1.807, 2.05) is 0 Å². The molecular formula is C12H13N5O4. The maximum atomic E-state index is 11.9. The molecule has 0 saturated heterocycles. The van der Waals surface area contributed by atoms with E-state index < -0.39 is 11.9 Å². The molecule has 1 amide bonds. The first-order valence-corrected chi connectivity index (χ1v) is 5.94. The van der Waals surface area contributed by atoms with Crippen LogP contribution in [0.2, 0.25) is 0 Å². The summed E-state index contributed by atoms with van der Waals surface area (Å²) >= 11 is 0. The number of nitrogens with one attached hydrogen (secondary N) is 1. The van der Waals surface area contributed by atoms with Crippen LogP contribution in [0.3, 0.4) is 0 Å². The van der Waals surface area contributed by atoms with Gasteiger partial charge in [-0.2, -0.15) is 10.2 Å². The Bertz CT molecular complexity index is 733. The van der Waals surface area contributed by atoms with Gasteiger partial charge >= 0.3 is 5.97 Å². The molecule has 2 rings (SSSR count). The number of carbonyl (C=O) groups is 2. The van der Waals surface area contributed by atoms with Gasteiger partial charge in [0.25, 0.3) is 11.5 Å². The third kappa shape index (κ3) is 3.53. The number of aromatic nitrogens is 4. The van der Waals surface area contributed by atoms with Gasteiger partial charge in [0.2, 0.25) is 0 Å². The molecule has 0 aromatic carbocycles. The van der Waals surface area contributed by atoms with Crippen molar-refractivity contribution < 1.29 is 14.3 Å². The Balaban J connectivity index is 2.07. The first-order chi connectivity index (χ1) is 9.99. The molecule has 21 heavy (non-hydrogen) atoms. The molecule has 110 valence electrons. The second-order valence-corrected chi connectivity index (χ2v) is 4.14. The molecule has 0 fully saturated rings. The third-order valence-corrected chi connectivity index (χ3v) is 2.60. The molecule has 9 nitrogen and oxygen atoms in total. The lowest BCUT2D eigenvalue weighted by Crippen LogP contribution is -2.23. The van der Waals surface area contributed by atoms with Crippen LogP contribution in [-0.4, -0.2) is 38.5 Å². The quantitative estimate of drug-likeness (QED) is 0.754.